The van der Waals surface area contributed by atoms with Crippen LogP contribution in [-0.2, 0) is 14.9 Å². The summed E-state index contributed by atoms with van der Waals surface area (Å²) in [6.45, 7) is 1.53. The topological polar surface area (TPSA) is 75.0 Å². The van der Waals surface area contributed by atoms with Crippen molar-refractivity contribution in [3.8, 4) is 6.07 Å². The van der Waals surface area contributed by atoms with Crippen LogP contribution >= 0.6 is 0 Å². The summed E-state index contributed by atoms with van der Waals surface area (Å²) in [4.78, 5) is 17.2. The van der Waals surface area contributed by atoms with E-state index in [9.17, 15) is 10.1 Å². The van der Waals surface area contributed by atoms with Gasteiger partial charge in [0.15, 0.2) is 0 Å². The Kier molecular flexibility index (Phi) is 3.14. The summed E-state index contributed by atoms with van der Waals surface area (Å²) >= 11 is 0. The van der Waals surface area contributed by atoms with Gasteiger partial charge in [-0.15, -0.1) is 0 Å². The molecule has 0 radical (unpaired) electrons. The van der Waals surface area contributed by atoms with Crippen LogP contribution in [0.25, 0.3) is 10.8 Å². The molecule has 1 saturated heterocycles. The molecular formula is C23H23N3O2. The maximum absolute atomic E-state index is 12.7. The molecule has 4 aliphatic rings. The first-order chi connectivity index (χ1) is 13.6. The number of benzene rings is 1. The van der Waals surface area contributed by atoms with Crippen LogP contribution in [0.2, 0.25) is 0 Å². The van der Waals surface area contributed by atoms with Gasteiger partial charge in [-0.25, -0.2) is 4.98 Å². The van der Waals surface area contributed by atoms with Gasteiger partial charge in [-0.05, 0) is 72.4 Å². The Balaban J connectivity index is 1.25. The summed E-state index contributed by atoms with van der Waals surface area (Å²) in [6, 6.07) is 10.8. The Hall–Kier alpha value is -2.45. The van der Waals surface area contributed by atoms with Crippen molar-refractivity contribution in [2.45, 2.75) is 43.9 Å². The zero-order valence-electron chi connectivity index (χ0n) is 15.8. The van der Waals surface area contributed by atoms with Gasteiger partial charge in [-0.2, -0.15) is 5.26 Å². The molecule has 2 heterocycles. The molecule has 0 unspecified atom stereocenters. The van der Waals surface area contributed by atoms with Gasteiger partial charge >= 0.3 is 0 Å². The van der Waals surface area contributed by atoms with Gasteiger partial charge in [-0.1, -0.05) is 12.1 Å². The van der Waals surface area contributed by atoms with Crippen LogP contribution in [0.3, 0.4) is 0 Å². The Bertz CT molecular complexity index is 1050. The number of nitriles is 1. The Labute approximate surface area is 164 Å². The lowest BCUT2D eigenvalue weighted by atomic mass is 9.92. The summed E-state index contributed by atoms with van der Waals surface area (Å²) < 4.78 is 5.44. The molecule has 1 amide bonds. The van der Waals surface area contributed by atoms with E-state index in [1.54, 1.807) is 0 Å². The molecule has 1 aromatic heterocycles. The van der Waals surface area contributed by atoms with E-state index in [1.807, 2.05) is 12.3 Å². The van der Waals surface area contributed by atoms with Gasteiger partial charge in [0.05, 0.1) is 11.5 Å². The first-order valence-electron chi connectivity index (χ1n) is 10.3. The van der Waals surface area contributed by atoms with E-state index < -0.39 is 0 Å². The minimum atomic E-state index is -0.294. The van der Waals surface area contributed by atoms with Crippen molar-refractivity contribution in [1.82, 2.24) is 4.98 Å². The number of aromatic nitrogens is 1. The maximum atomic E-state index is 12.7. The molecular weight excluding hydrogens is 350 g/mol. The zero-order chi connectivity index (χ0) is 19.0. The lowest BCUT2D eigenvalue weighted by Crippen LogP contribution is -2.24. The highest BCUT2D eigenvalue weighted by atomic mass is 16.5. The highest BCUT2D eigenvalue weighted by Gasteiger charge is 2.75. The molecule has 3 aliphatic carbocycles. The van der Waals surface area contributed by atoms with Crippen molar-refractivity contribution < 1.29 is 9.53 Å². The van der Waals surface area contributed by atoms with E-state index >= 15 is 0 Å². The molecule has 2 aromatic rings. The number of rotatable bonds is 3. The van der Waals surface area contributed by atoms with Crippen molar-refractivity contribution >= 4 is 22.5 Å². The van der Waals surface area contributed by atoms with Crippen molar-refractivity contribution in [2.24, 2.45) is 16.7 Å². The van der Waals surface area contributed by atoms with Gasteiger partial charge < -0.3 is 10.1 Å². The van der Waals surface area contributed by atoms with Gasteiger partial charge in [0.1, 0.15) is 5.82 Å². The van der Waals surface area contributed by atoms with Crippen LogP contribution in [0.5, 0.6) is 0 Å². The molecule has 5 nitrogen and oxygen atoms in total. The van der Waals surface area contributed by atoms with Crippen molar-refractivity contribution in [1.29, 1.82) is 5.26 Å². The molecule has 6 rings (SSSR count). The molecule has 142 valence electrons. The Morgan fingerprint density at radius 1 is 1.18 bits per heavy atom. The van der Waals surface area contributed by atoms with E-state index in [0.29, 0.717) is 5.82 Å². The molecule has 5 heteroatoms. The second-order valence-corrected chi connectivity index (χ2v) is 9.33. The average Bonchev–Trinajstić information content (AvgIpc) is 3.66. The molecule has 28 heavy (non-hydrogen) atoms. The predicted octanol–water partition coefficient (Wildman–Crippen LogP) is 3.94. The number of fused-ring (bicyclic) bond motifs is 1. The molecule has 3 saturated carbocycles. The standard InChI is InChI=1S/C23H23N3O2/c24-14-23(13-22(23)3-4-22)17-2-1-15-12-25-19(10-16(15)9-17)26-20(27)18-11-21(18)5-7-28-8-6-21/h1-2,9-10,12,18H,3-8,11,13H2,(H,25,26,27)/t18-,23-/m1/s1. The summed E-state index contributed by atoms with van der Waals surface area (Å²) in [6.07, 6.45) is 8.07. The molecule has 4 fully saturated rings. The third kappa shape index (κ3) is 2.21. The summed E-state index contributed by atoms with van der Waals surface area (Å²) in [5, 5.41) is 14.9. The van der Waals surface area contributed by atoms with Gasteiger partial charge in [0.2, 0.25) is 5.91 Å². The normalized spacial score (nSPS) is 30.8. The fraction of sp³-hybridized carbons (Fsp3) is 0.522. The third-order valence-electron chi connectivity index (χ3n) is 7.89. The smallest absolute Gasteiger partial charge is 0.229 e. The molecule has 1 aromatic carbocycles. The predicted molar refractivity (Wildman–Crippen MR) is 105 cm³/mol. The number of pyridine rings is 1. The molecule has 0 bridgehead atoms. The number of carbonyl (C=O) groups is 1. The average molecular weight is 373 g/mol. The fourth-order valence-electron chi connectivity index (χ4n) is 5.59. The number of nitrogens with zero attached hydrogens (tertiary/aromatic N) is 2. The lowest BCUT2D eigenvalue weighted by molar-refractivity contribution is -0.118. The largest absolute Gasteiger partial charge is 0.381 e. The zero-order valence-corrected chi connectivity index (χ0v) is 15.8. The fourth-order valence-corrected chi connectivity index (χ4v) is 5.59. The first kappa shape index (κ1) is 16.5. The van der Waals surface area contributed by atoms with E-state index in [-0.39, 0.29) is 28.1 Å². The third-order valence-corrected chi connectivity index (χ3v) is 7.89. The minimum Gasteiger partial charge on any atom is -0.381 e. The summed E-state index contributed by atoms with van der Waals surface area (Å²) in [5.41, 5.74) is 1.24. The lowest BCUT2D eigenvalue weighted by Gasteiger charge is -2.22. The molecule has 2 spiro atoms. The van der Waals surface area contributed by atoms with Crippen LogP contribution in [0.15, 0.2) is 30.5 Å². The molecule has 1 N–H and O–H groups in total. The van der Waals surface area contributed by atoms with Gasteiger partial charge in [0.25, 0.3) is 0 Å². The van der Waals surface area contributed by atoms with Crippen LogP contribution in [0, 0.1) is 28.1 Å². The van der Waals surface area contributed by atoms with Crippen LogP contribution in [0.4, 0.5) is 5.82 Å². The molecule has 1 aliphatic heterocycles. The van der Waals surface area contributed by atoms with Crippen molar-refractivity contribution in [3.63, 3.8) is 0 Å². The van der Waals surface area contributed by atoms with Gasteiger partial charge in [-0.3, -0.25) is 4.79 Å². The van der Waals surface area contributed by atoms with E-state index in [2.05, 4.69) is 34.6 Å². The van der Waals surface area contributed by atoms with Crippen LogP contribution < -0.4 is 5.32 Å². The number of hydrogen-bond acceptors (Lipinski definition) is 4. The number of carbonyl (C=O) groups excluding carboxylic acids is 1. The van der Waals surface area contributed by atoms with E-state index in [4.69, 9.17) is 4.74 Å². The number of anilines is 1. The quantitative estimate of drug-likeness (QED) is 0.884. The SMILES string of the molecule is N#C[C@@]1(c2ccc3cnc(NC(=O)[C@H]4CC45CCOCC5)cc3c2)CC12CC2. The second kappa shape index (κ2) is 5.33. The van der Waals surface area contributed by atoms with Crippen molar-refractivity contribution in [2.75, 3.05) is 18.5 Å². The highest BCUT2D eigenvalue weighted by Crippen LogP contribution is 2.78. The molecule has 2 atom stereocenters. The van der Waals surface area contributed by atoms with Gasteiger partial charge in [0, 0.05) is 30.7 Å². The Morgan fingerprint density at radius 2 is 2.00 bits per heavy atom. The Morgan fingerprint density at radius 3 is 2.71 bits per heavy atom. The number of hydrogen-bond donors (Lipinski definition) is 1. The number of amides is 1. The summed E-state index contributed by atoms with van der Waals surface area (Å²) in [5.74, 6) is 0.771. The van der Waals surface area contributed by atoms with Crippen LogP contribution in [-0.4, -0.2) is 24.1 Å². The minimum absolute atomic E-state index is 0.0810. The number of nitrogens with one attached hydrogen (secondary N) is 1. The second-order valence-electron chi connectivity index (χ2n) is 9.33. The number of ether oxygens (including phenoxy) is 1. The van der Waals surface area contributed by atoms with Crippen LogP contribution in [0.1, 0.15) is 44.1 Å². The maximum Gasteiger partial charge on any atom is 0.229 e. The van der Waals surface area contributed by atoms with E-state index in [0.717, 1.165) is 55.2 Å². The first-order valence-corrected chi connectivity index (χ1v) is 10.3. The van der Waals surface area contributed by atoms with E-state index in [1.165, 1.54) is 12.8 Å². The highest BCUT2D eigenvalue weighted by molar-refractivity contribution is 5.96. The monoisotopic (exact) mass is 373 g/mol. The van der Waals surface area contributed by atoms with Crippen molar-refractivity contribution in [3.05, 3.63) is 36.0 Å². The summed E-state index contributed by atoms with van der Waals surface area (Å²) in [7, 11) is 0.